The Morgan fingerprint density at radius 3 is 2.11 bits per heavy atom. The minimum absolute atomic E-state index is 0.162. The lowest BCUT2D eigenvalue weighted by Crippen LogP contribution is -2.34. The highest BCUT2D eigenvalue weighted by Gasteiger charge is 2.28. The van der Waals surface area contributed by atoms with Crippen LogP contribution in [0.3, 0.4) is 0 Å². The van der Waals surface area contributed by atoms with Crippen LogP contribution in [-0.2, 0) is 10.0 Å². The van der Waals surface area contributed by atoms with Crippen molar-refractivity contribution in [3.05, 3.63) is 48.4 Å². The molecule has 1 amide bonds. The summed E-state index contributed by atoms with van der Waals surface area (Å²) in [5.74, 6) is 0.540. The quantitative estimate of drug-likeness (QED) is 0.614. The highest BCUT2D eigenvalue weighted by Crippen LogP contribution is 2.31. The molecule has 2 rings (SSSR count). The Hall–Kier alpha value is -2.32. The number of carbonyl (C=O) groups is 1. The van der Waals surface area contributed by atoms with E-state index in [1.54, 1.807) is 12.1 Å². The van der Waals surface area contributed by atoms with Crippen LogP contribution in [0.4, 0.5) is 10.5 Å². The van der Waals surface area contributed by atoms with Crippen LogP contribution in [-0.4, -0.2) is 37.0 Å². The second-order valence-electron chi connectivity index (χ2n) is 6.49. The minimum atomic E-state index is -3.61. The smallest absolute Gasteiger partial charge is 0.412 e. The summed E-state index contributed by atoms with van der Waals surface area (Å²) in [4.78, 5) is 13.3. The molecule has 1 atom stereocenters. The molecule has 0 bridgehead atoms. The Morgan fingerprint density at radius 2 is 1.68 bits per heavy atom. The summed E-state index contributed by atoms with van der Waals surface area (Å²) in [6.45, 7) is 6.65. The number of sulfonamides is 1. The number of furan rings is 1. The Bertz CT molecular complexity index is 841. The molecular formula is C20H28N2O5S. The van der Waals surface area contributed by atoms with Crippen molar-refractivity contribution in [3.63, 3.8) is 0 Å². The van der Waals surface area contributed by atoms with Crippen molar-refractivity contribution < 1.29 is 22.7 Å². The molecule has 8 heteroatoms. The molecule has 7 nitrogen and oxygen atoms in total. The number of rotatable bonds is 10. The van der Waals surface area contributed by atoms with E-state index in [0.29, 0.717) is 31.0 Å². The van der Waals surface area contributed by atoms with Gasteiger partial charge in [-0.2, -0.15) is 4.31 Å². The van der Waals surface area contributed by atoms with Gasteiger partial charge in [0.25, 0.3) is 0 Å². The third-order valence-electron chi connectivity index (χ3n) is 4.47. The maximum Gasteiger partial charge on any atom is 0.412 e. The predicted molar refractivity (Wildman–Crippen MR) is 108 cm³/mol. The molecule has 1 heterocycles. The summed E-state index contributed by atoms with van der Waals surface area (Å²) >= 11 is 0. The molecule has 0 fully saturated rings. The summed E-state index contributed by atoms with van der Waals surface area (Å²) in [6.07, 6.45) is 2.35. The molecule has 154 valence electrons. The number of benzene rings is 1. The van der Waals surface area contributed by atoms with Gasteiger partial charge in [0.2, 0.25) is 10.0 Å². The standard InChI is InChI=1S/C20H28N2O5S/c1-4-13-21(14-5-2)28(25,26)17-11-9-16(10-12-17)22(20(23)24)18(6-3)19-8-7-15-27-19/h7-12,15,18H,4-6,13-14H2,1-3H3,(H,23,24). The van der Waals surface area contributed by atoms with E-state index in [0.717, 1.165) is 12.8 Å². The van der Waals surface area contributed by atoms with E-state index in [1.165, 1.54) is 39.7 Å². The first-order valence-corrected chi connectivity index (χ1v) is 11.0. The van der Waals surface area contributed by atoms with Gasteiger partial charge in [0.15, 0.2) is 0 Å². The second kappa shape index (κ2) is 9.75. The van der Waals surface area contributed by atoms with E-state index in [-0.39, 0.29) is 4.90 Å². The number of anilines is 1. The summed E-state index contributed by atoms with van der Waals surface area (Å²) in [7, 11) is -3.61. The molecule has 0 saturated carbocycles. The van der Waals surface area contributed by atoms with Gasteiger partial charge in [-0.3, -0.25) is 4.90 Å². The Balaban J connectivity index is 2.36. The highest BCUT2D eigenvalue weighted by molar-refractivity contribution is 7.89. The number of amides is 1. The third kappa shape index (κ3) is 4.74. The van der Waals surface area contributed by atoms with Gasteiger partial charge in [-0.05, 0) is 55.7 Å². The minimum Gasteiger partial charge on any atom is -0.467 e. The van der Waals surface area contributed by atoms with Gasteiger partial charge in [0.1, 0.15) is 5.76 Å². The summed E-state index contributed by atoms with van der Waals surface area (Å²) < 4.78 is 32.6. The zero-order valence-electron chi connectivity index (χ0n) is 16.5. The van der Waals surface area contributed by atoms with E-state index in [1.807, 2.05) is 20.8 Å². The van der Waals surface area contributed by atoms with Crippen molar-refractivity contribution in [1.29, 1.82) is 0 Å². The summed E-state index contributed by atoms with van der Waals surface area (Å²) in [5.41, 5.74) is 0.396. The van der Waals surface area contributed by atoms with E-state index in [9.17, 15) is 18.3 Å². The average molecular weight is 409 g/mol. The van der Waals surface area contributed by atoms with Crippen LogP contribution in [0, 0.1) is 0 Å². The summed E-state index contributed by atoms with van der Waals surface area (Å²) in [5, 5.41) is 9.74. The third-order valence-corrected chi connectivity index (χ3v) is 6.39. The first kappa shape index (κ1) is 22.0. The zero-order valence-corrected chi connectivity index (χ0v) is 17.4. The topological polar surface area (TPSA) is 91.1 Å². The van der Waals surface area contributed by atoms with Crippen LogP contribution >= 0.6 is 0 Å². The van der Waals surface area contributed by atoms with Gasteiger partial charge in [0, 0.05) is 18.8 Å². The van der Waals surface area contributed by atoms with Crippen LogP contribution in [0.15, 0.2) is 52.0 Å². The molecule has 2 aromatic rings. The van der Waals surface area contributed by atoms with Crippen LogP contribution in [0.25, 0.3) is 0 Å². The van der Waals surface area contributed by atoms with Crippen molar-refractivity contribution in [2.75, 3.05) is 18.0 Å². The van der Waals surface area contributed by atoms with E-state index in [4.69, 9.17) is 4.42 Å². The van der Waals surface area contributed by atoms with Crippen molar-refractivity contribution in [1.82, 2.24) is 4.31 Å². The van der Waals surface area contributed by atoms with Gasteiger partial charge in [-0.1, -0.05) is 20.8 Å². The number of hydrogen-bond acceptors (Lipinski definition) is 4. The fourth-order valence-electron chi connectivity index (χ4n) is 3.19. The lowest BCUT2D eigenvalue weighted by molar-refractivity contribution is 0.197. The normalized spacial score (nSPS) is 12.9. The van der Waals surface area contributed by atoms with Crippen molar-refractivity contribution >= 4 is 21.8 Å². The molecule has 0 spiro atoms. The molecule has 1 N–H and O–H groups in total. The Kier molecular flexibility index (Phi) is 7.65. The largest absolute Gasteiger partial charge is 0.467 e. The van der Waals surface area contributed by atoms with Crippen molar-refractivity contribution in [2.45, 2.75) is 51.0 Å². The second-order valence-corrected chi connectivity index (χ2v) is 8.43. The zero-order chi connectivity index (χ0) is 20.7. The molecule has 0 aliphatic carbocycles. The van der Waals surface area contributed by atoms with Gasteiger partial charge < -0.3 is 9.52 Å². The van der Waals surface area contributed by atoms with Crippen molar-refractivity contribution in [3.8, 4) is 0 Å². The van der Waals surface area contributed by atoms with Gasteiger partial charge >= 0.3 is 6.09 Å². The highest BCUT2D eigenvalue weighted by atomic mass is 32.2. The maximum absolute atomic E-state index is 12.9. The Labute approximate surface area is 166 Å². The van der Waals surface area contributed by atoms with Crippen LogP contribution in [0.1, 0.15) is 51.8 Å². The predicted octanol–water partition coefficient (Wildman–Crippen LogP) is 4.73. The molecule has 1 unspecified atom stereocenters. The van der Waals surface area contributed by atoms with Crippen molar-refractivity contribution in [2.24, 2.45) is 0 Å². The number of hydrogen-bond donors (Lipinski definition) is 1. The first-order valence-electron chi connectivity index (χ1n) is 9.52. The molecule has 28 heavy (non-hydrogen) atoms. The summed E-state index contributed by atoms with van der Waals surface area (Å²) in [6, 6.07) is 8.94. The SMILES string of the molecule is CCCN(CCC)S(=O)(=O)c1ccc(N(C(=O)O)C(CC)c2ccco2)cc1. The molecule has 1 aromatic heterocycles. The van der Waals surface area contributed by atoms with Gasteiger partial charge in [-0.25, -0.2) is 13.2 Å². The van der Waals surface area contributed by atoms with E-state index < -0.39 is 22.2 Å². The number of nitrogens with zero attached hydrogens (tertiary/aromatic N) is 2. The molecule has 0 radical (unpaired) electrons. The van der Waals surface area contributed by atoms with E-state index >= 15 is 0 Å². The van der Waals surface area contributed by atoms with Gasteiger partial charge in [0.05, 0.1) is 17.2 Å². The number of carboxylic acid groups (broad SMARTS) is 1. The molecule has 0 saturated heterocycles. The molecule has 0 aliphatic rings. The Morgan fingerprint density at radius 1 is 1.07 bits per heavy atom. The van der Waals surface area contributed by atoms with E-state index in [2.05, 4.69) is 0 Å². The van der Waals surface area contributed by atoms with Crippen LogP contribution in [0.5, 0.6) is 0 Å². The maximum atomic E-state index is 12.9. The lowest BCUT2D eigenvalue weighted by Gasteiger charge is -2.27. The van der Waals surface area contributed by atoms with Gasteiger partial charge in [-0.15, -0.1) is 0 Å². The monoisotopic (exact) mass is 408 g/mol. The fraction of sp³-hybridized carbons (Fsp3) is 0.450. The molecule has 0 aliphatic heterocycles. The lowest BCUT2D eigenvalue weighted by atomic mass is 10.1. The van der Waals surface area contributed by atoms with Crippen LogP contribution in [0.2, 0.25) is 0 Å². The first-order chi connectivity index (χ1) is 13.4. The van der Waals surface area contributed by atoms with Crippen LogP contribution < -0.4 is 4.90 Å². The molecule has 1 aromatic carbocycles. The fourth-order valence-corrected chi connectivity index (χ4v) is 4.82. The molecular weight excluding hydrogens is 380 g/mol. The average Bonchev–Trinajstić information content (AvgIpc) is 3.20.